The first-order valence-electron chi connectivity index (χ1n) is 27.1. The Balaban J connectivity index is 2.40. The topological polar surface area (TPSA) is 189 Å². The van der Waals surface area contributed by atoms with Crippen molar-refractivity contribution < 1.29 is 50.0 Å². The number of unbranched alkanes of at least 4 members (excludes halogenated alkanes) is 26. The molecular weight excluding hydrogens is 835 g/mol. The van der Waals surface area contributed by atoms with E-state index < -0.39 is 74.2 Å². The van der Waals surface area contributed by atoms with Crippen LogP contribution in [0.4, 0.5) is 0 Å². The van der Waals surface area contributed by atoms with Gasteiger partial charge < -0.3 is 50.5 Å². The third-order valence-corrected chi connectivity index (χ3v) is 12.9. The van der Waals surface area contributed by atoms with Crippen LogP contribution >= 0.6 is 0 Å². The molecule has 1 fully saturated rings. The molecule has 1 rings (SSSR count). The van der Waals surface area contributed by atoms with Gasteiger partial charge in [-0.25, -0.2) is 0 Å². The van der Waals surface area contributed by atoms with E-state index in [1.54, 1.807) is 0 Å². The van der Waals surface area contributed by atoms with Crippen LogP contribution in [0.5, 0.6) is 0 Å². The highest BCUT2D eigenvalue weighted by atomic mass is 16.7. The second kappa shape index (κ2) is 44.3. The first kappa shape index (κ1) is 62.1. The summed E-state index contributed by atoms with van der Waals surface area (Å²) in [4.78, 5) is 13.1. The van der Waals surface area contributed by atoms with Crippen molar-refractivity contribution in [3.05, 3.63) is 48.6 Å². The maximum absolute atomic E-state index is 13.1. The van der Waals surface area contributed by atoms with Gasteiger partial charge in [0.25, 0.3) is 0 Å². The van der Waals surface area contributed by atoms with Crippen molar-refractivity contribution in [2.75, 3.05) is 13.2 Å². The molecule has 0 aliphatic carbocycles. The monoisotopic (exact) mass is 936 g/mol. The van der Waals surface area contributed by atoms with Gasteiger partial charge in [0.05, 0.1) is 25.4 Å². The number of carbonyl (C=O) groups is 1. The van der Waals surface area contributed by atoms with E-state index in [-0.39, 0.29) is 12.8 Å². The van der Waals surface area contributed by atoms with Gasteiger partial charge in [-0.3, -0.25) is 4.79 Å². The van der Waals surface area contributed by atoms with E-state index in [1.165, 1.54) is 128 Å². The second-order valence-corrected chi connectivity index (χ2v) is 19.0. The smallest absolute Gasteiger partial charge is 0.249 e. The summed E-state index contributed by atoms with van der Waals surface area (Å²) in [6, 6.07) is -1.19. The molecule has 11 heteroatoms. The van der Waals surface area contributed by atoms with Crippen molar-refractivity contribution in [2.45, 2.75) is 281 Å². The number of amides is 1. The molecule has 11 nitrogen and oxygen atoms in total. The highest BCUT2D eigenvalue weighted by molar-refractivity contribution is 5.80. The predicted molar refractivity (Wildman–Crippen MR) is 270 cm³/mol. The van der Waals surface area contributed by atoms with Crippen molar-refractivity contribution >= 4 is 5.91 Å². The van der Waals surface area contributed by atoms with Crippen LogP contribution < -0.4 is 5.32 Å². The first-order chi connectivity index (χ1) is 32.2. The standard InChI is InChI=1S/C55H101NO10/c1-3-5-7-9-11-13-15-17-19-21-23-24-25-27-28-30-32-34-36-38-40-42-47(58)50(60)46(45-65-55-53(63)52(62)51(61)49(44-57)66-55)56-54(64)48(59)43-41-39-37-35-33-31-29-26-22-20-18-16-14-12-10-8-6-4-2/h12,14,16,18,27-28,34,36,46-53,55,57-63H,3-11,13,15,17,19-26,29-33,35,37-45H2,1-2H3,(H,56,64)/b14-12-,18-16-,28-27+,36-34+. The van der Waals surface area contributed by atoms with E-state index in [4.69, 9.17) is 9.47 Å². The highest BCUT2D eigenvalue weighted by Gasteiger charge is 2.44. The number of ether oxygens (including phenoxy) is 2. The van der Waals surface area contributed by atoms with Crippen molar-refractivity contribution in [2.24, 2.45) is 0 Å². The number of rotatable bonds is 45. The molecule has 0 aromatic heterocycles. The zero-order chi connectivity index (χ0) is 48.3. The quantitative estimate of drug-likeness (QED) is 0.0166. The van der Waals surface area contributed by atoms with E-state index in [9.17, 15) is 40.5 Å². The van der Waals surface area contributed by atoms with Crippen LogP contribution in [0.3, 0.4) is 0 Å². The van der Waals surface area contributed by atoms with Crippen LogP contribution in [0.1, 0.15) is 226 Å². The van der Waals surface area contributed by atoms with Crippen molar-refractivity contribution in [3.8, 4) is 0 Å². The summed E-state index contributed by atoms with van der Waals surface area (Å²) in [6.07, 6.45) is 43.0. The van der Waals surface area contributed by atoms with E-state index in [2.05, 4.69) is 67.8 Å². The average Bonchev–Trinajstić information content (AvgIpc) is 3.32. The molecule has 1 aliphatic rings. The molecule has 1 heterocycles. The Morgan fingerprint density at radius 2 is 0.955 bits per heavy atom. The third kappa shape index (κ3) is 32.8. The maximum Gasteiger partial charge on any atom is 0.249 e. The van der Waals surface area contributed by atoms with E-state index >= 15 is 0 Å². The van der Waals surface area contributed by atoms with E-state index in [0.717, 1.165) is 51.4 Å². The molecule has 386 valence electrons. The molecule has 0 bridgehead atoms. The van der Waals surface area contributed by atoms with Gasteiger partial charge in [0.1, 0.15) is 36.6 Å². The zero-order valence-electron chi connectivity index (χ0n) is 41.9. The first-order valence-corrected chi connectivity index (χ1v) is 27.1. The summed E-state index contributed by atoms with van der Waals surface area (Å²) in [5.41, 5.74) is 0. The van der Waals surface area contributed by atoms with Crippen LogP contribution in [0.25, 0.3) is 0 Å². The Hall–Kier alpha value is -1.93. The van der Waals surface area contributed by atoms with Gasteiger partial charge in [0, 0.05) is 0 Å². The number of aliphatic hydroxyl groups excluding tert-OH is 7. The minimum absolute atomic E-state index is 0.244. The number of carbonyl (C=O) groups excluding carboxylic acids is 1. The van der Waals surface area contributed by atoms with Crippen LogP contribution in [0.15, 0.2) is 48.6 Å². The molecule has 66 heavy (non-hydrogen) atoms. The van der Waals surface area contributed by atoms with Crippen molar-refractivity contribution in [3.63, 3.8) is 0 Å². The fraction of sp³-hybridized carbons (Fsp3) is 0.836. The van der Waals surface area contributed by atoms with Gasteiger partial charge in [-0.05, 0) is 77.0 Å². The number of hydrogen-bond acceptors (Lipinski definition) is 10. The van der Waals surface area contributed by atoms with E-state index in [1.807, 2.05) is 0 Å². The summed E-state index contributed by atoms with van der Waals surface area (Å²) in [5.74, 6) is -0.715. The largest absolute Gasteiger partial charge is 0.394 e. The van der Waals surface area contributed by atoms with Gasteiger partial charge in [-0.1, -0.05) is 197 Å². The molecule has 8 N–H and O–H groups in total. The highest BCUT2D eigenvalue weighted by Crippen LogP contribution is 2.23. The Labute approximate surface area is 402 Å². The van der Waals surface area contributed by atoms with Gasteiger partial charge in [-0.2, -0.15) is 0 Å². The summed E-state index contributed by atoms with van der Waals surface area (Å²) >= 11 is 0. The van der Waals surface area contributed by atoms with Crippen LogP contribution in [-0.2, 0) is 14.3 Å². The molecule has 0 spiro atoms. The minimum Gasteiger partial charge on any atom is -0.394 e. The lowest BCUT2D eigenvalue weighted by atomic mass is 9.98. The summed E-state index contributed by atoms with van der Waals surface area (Å²) < 4.78 is 11.1. The molecule has 1 saturated heterocycles. The molecule has 1 amide bonds. The predicted octanol–water partition coefficient (Wildman–Crippen LogP) is 10.5. The lowest BCUT2D eigenvalue weighted by Gasteiger charge is -2.40. The number of hydrogen-bond donors (Lipinski definition) is 8. The lowest BCUT2D eigenvalue weighted by Crippen LogP contribution is -2.60. The number of aliphatic hydroxyl groups is 7. The second-order valence-electron chi connectivity index (χ2n) is 19.0. The SMILES string of the molecule is CCCCC/C=C\C=C/CCCCCCCCCCCC(O)C(=O)NC(COC1OC(CO)C(O)C(O)C1O)C(O)C(O)CCC/C=C/CC/C=C/CCCCCCCCCCCCCC. The van der Waals surface area contributed by atoms with Gasteiger partial charge in [-0.15, -0.1) is 0 Å². The Bertz CT molecular complexity index is 1210. The van der Waals surface area contributed by atoms with Gasteiger partial charge in [0.15, 0.2) is 6.29 Å². The number of nitrogens with one attached hydrogen (secondary N) is 1. The molecule has 0 radical (unpaired) electrons. The van der Waals surface area contributed by atoms with Crippen LogP contribution in [0.2, 0.25) is 0 Å². The lowest BCUT2D eigenvalue weighted by molar-refractivity contribution is -0.303. The molecule has 0 aromatic carbocycles. The summed E-state index contributed by atoms with van der Waals surface area (Å²) in [6.45, 7) is 3.41. The zero-order valence-corrected chi connectivity index (χ0v) is 41.9. The van der Waals surface area contributed by atoms with Crippen molar-refractivity contribution in [1.29, 1.82) is 0 Å². The van der Waals surface area contributed by atoms with Crippen LogP contribution in [0, 0.1) is 0 Å². The third-order valence-electron chi connectivity index (χ3n) is 12.9. The molecule has 9 unspecified atom stereocenters. The summed E-state index contributed by atoms with van der Waals surface area (Å²) in [7, 11) is 0. The summed E-state index contributed by atoms with van der Waals surface area (Å²) in [5, 5.41) is 76.0. The fourth-order valence-corrected chi connectivity index (χ4v) is 8.39. The Morgan fingerprint density at radius 3 is 1.47 bits per heavy atom. The molecular formula is C55H101NO10. The van der Waals surface area contributed by atoms with Crippen molar-refractivity contribution in [1.82, 2.24) is 5.32 Å². The minimum atomic E-state index is -1.67. The van der Waals surface area contributed by atoms with Gasteiger partial charge >= 0.3 is 0 Å². The average molecular weight is 936 g/mol. The molecule has 9 atom stereocenters. The molecule has 0 saturated carbocycles. The maximum atomic E-state index is 13.1. The Kier molecular flexibility index (Phi) is 41.7. The Morgan fingerprint density at radius 1 is 0.530 bits per heavy atom. The molecule has 0 aromatic rings. The van der Waals surface area contributed by atoms with E-state index in [0.29, 0.717) is 19.3 Å². The normalized spacial score (nSPS) is 21.1. The van der Waals surface area contributed by atoms with Gasteiger partial charge in [0.2, 0.25) is 5.91 Å². The molecule has 1 aliphatic heterocycles. The fourth-order valence-electron chi connectivity index (χ4n) is 8.39. The van der Waals surface area contributed by atoms with Crippen LogP contribution in [-0.4, -0.2) is 110 Å². The number of allylic oxidation sites excluding steroid dienone is 8.